The summed E-state index contributed by atoms with van der Waals surface area (Å²) in [4.78, 5) is 24.1. The first-order chi connectivity index (χ1) is 9.12. The van der Waals surface area contributed by atoms with Crippen LogP contribution in [0.1, 0.15) is 30.6 Å². The number of amides is 1. The summed E-state index contributed by atoms with van der Waals surface area (Å²) >= 11 is 0. The highest BCUT2D eigenvalue weighted by atomic mass is 16.1. The highest BCUT2D eigenvalue weighted by Gasteiger charge is 2.09. The van der Waals surface area contributed by atoms with E-state index in [4.69, 9.17) is 5.26 Å². The number of hydrogen-bond acceptors (Lipinski definition) is 4. The van der Waals surface area contributed by atoms with Crippen molar-refractivity contribution in [1.82, 2.24) is 0 Å². The van der Waals surface area contributed by atoms with Gasteiger partial charge in [-0.2, -0.15) is 5.26 Å². The Balaban J connectivity index is 3.05. The zero-order valence-electron chi connectivity index (χ0n) is 11.1. The number of nitrogens with one attached hydrogen (secondary N) is 1. The van der Waals surface area contributed by atoms with E-state index in [1.807, 2.05) is 17.9 Å². The van der Waals surface area contributed by atoms with Gasteiger partial charge < -0.3 is 10.2 Å². The molecule has 0 aliphatic rings. The first-order valence-electron chi connectivity index (χ1n) is 6.11. The van der Waals surface area contributed by atoms with Crippen molar-refractivity contribution in [3.05, 3.63) is 23.8 Å². The molecule has 0 radical (unpaired) electrons. The largest absolute Gasteiger partial charge is 0.371 e. The standard InChI is InChI=1S/C14H17N3O2/c1-3-17(8-4-7-15)13-6-5-12(10-18)14(9-13)16-11(2)19/h5-6,9-10H,3-4,8H2,1-2H3,(H,16,19). The number of anilines is 2. The predicted octanol–water partition coefficient (Wildman–Crippen LogP) is 2.20. The van der Waals surface area contributed by atoms with Crippen LogP contribution in [0.4, 0.5) is 11.4 Å². The van der Waals surface area contributed by atoms with Crippen LogP contribution in [-0.2, 0) is 4.79 Å². The van der Waals surface area contributed by atoms with E-state index in [0.717, 1.165) is 12.2 Å². The summed E-state index contributed by atoms with van der Waals surface area (Å²) in [7, 11) is 0. The van der Waals surface area contributed by atoms with Crippen LogP contribution < -0.4 is 10.2 Å². The summed E-state index contributed by atoms with van der Waals surface area (Å²) in [6.45, 7) is 4.76. The first-order valence-corrected chi connectivity index (χ1v) is 6.11. The number of rotatable bonds is 6. The van der Waals surface area contributed by atoms with Gasteiger partial charge in [0.25, 0.3) is 0 Å². The molecule has 5 nitrogen and oxygen atoms in total. The second kappa shape index (κ2) is 7.17. The Bertz CT molecular complexity index is 506. The third kappa shape index (κ3) is 4.11. The third-order valence-corrected chi connectivity index (χ3v) is 2.71. The zero-order chi connectivity index (χ0) is 14.3. The molecule has 0 spiro atoms. The molecule has 5 heteroatoms. The zero-order valence-corrected chi connectivity index (χ0v) is 11.1. The Morgan fingerprint density at radius 3 is 2.79 bits per heavy atom. The van der Waals surface area contributed by atoms with Crippen LogP contribution in [0, 0.1) is 11.3 Å². The van der Waals surface area contributed by atoms with Crippen molar-refractivity contribution < 1.29 is 9.59 Å². The number of nitriles is 1. The quantitative estimate of drug-likeness (QED) is 0.795. The predicted molar refractivity (Wildman–Crippen MR) is 74.3 cm³/mol. The molecule has 1 aromatic rings. The number of carbonyl (C=O) groups is 2. The van der Waals surface area contributed by atoms with Gasteiger partial charge >= 0.3 is 0 Å². The Morgan fingerprint density at radius 2 is 2.26 bits per heavy atom. The van der Waals surface area contributed by atoms with Crippen molar-refractivity contribution in [2.75, 3.05) is 23.3 Å². The highest BCUT2D eigenvalue weighted by Crippen LogP contribution is 2.23. The van der Waals surface area contributed by atoms with Crippen LogP contribution in [-0.4, -0.2) is 25.3 Å². The second-order valence-corrected chi connectivity index (χ2v) is 4.06. The molecule has 0 saturated carbocycles. The minimum atomic E-state index is -0.222. The van der Waals surface area contributed by atoms with Crippen molar-refractivity contribution in [3.63, 3.8) is 0 Å². The highest BCUT2D eigenvalue weighted by molar-refractivity contribution is 5.96. The molecule has 0 saturated heterocycles. The Morgan fingerprint density at radius 1 is 1.53 bits per heavy atom. The van der Waals surface area contributed by atoms with E-state index in [9.17, 15) is 9.59 Å². The van der Waals surface area contributed by atoms with Gasteiger partial charge in [-0.1, -0.05) is 0 Å². The second-order valence-electron chi connectivity index (χ2n) is 4.06. The van der Waals surface area contributed by atoms with E-state index < -0.39 is 0 Å². The fourth-order valence-electron chi connectivity index (χ4n) is 1.80. The van der Waals surface area contributed by atoms with Gasteiger partial charge in [0.2, 0.25) is 5.91 Å². The molecule has 0 heterocycles. The van der Waals surface area contributed by atoms with Gasteiger partial charge in [-0.3, -0.25) is 9.59 Å². The Hall–Kier alpha value is -2.35. The smallest absolute Gasteiger partial charge is 0.221 e. The van der Waals surface area contributed by atoms with Crippen molar-refractivity contribution >= 4 is 23.6 Å². The molecule has 1 amide bonds. The fraction of sp³-hybridized carbons (Fsp3) is 0.357. The van der Waals surface area contributed by atoms with Crippen LogP contribution in [0.25, 0.3) is 0 Å². The summed E-state index contributed by atoms with van der Waals surface area (Å²) in [6.07, 6.45) is 1.14. The number of hydrogen-bond donors (Lipinski definition) is 1. The van der Waals surface area contributed by atoms with Gasteiger partial charge in [-0.15, -0.1) is 0 Å². The lowest BCUT2D eigenvalue weighted by Gasteiger charge is -2.23. The number of nitrogens with zero attached hydrogens (tertiary/aromatic N) is 2. The molecule has 0 aromatic heterocycles. The van der Waals surface area contributed by atoms with Crippen LogP contribution in [0.3, 0.4) is 0 Å². The summed E-state index contributed by atoms with van der Waals surface area (Å²) in [5.74, 6) is -0.222. The maximum atomic E-state index is 11.1. The molecular weight excluding hydrogens is 242 g/mol. The van der Waals surface area contributed by atoms with Gasteiger partial charge in [0.1, 0.15) is 0 Å². The molecule has 0 atom stereocenters. The van der Waals surface area contributed by atoms with Crippen LogP contribution in [0.5, 0.6) is 0 Å². The normalized spacial score (nSPS) is 9.53. The fourth-order valence-corrected chi connectivity index (χ4v) is 1.80. The molecule has 0 bridgehead atoms. The average molecular weight is 259 g/mol. The van der Waals surface area contributed by atoms with E-state index >= 15 is 0 Å². The number of benzene rings is 1. The van der Waals surface area contributed by atoms with Gasteiger partial charge in [-0.25, -0.2) is 0 Å². The van der Waals surface area contributed by atoms with Crippen molar-refractivity contribution in [1.29, 1.82) is 5.26 Å². The van der Waals surface area contributed by atoms with Crippen molar-refractivity contribution in [2.24, 2.45) is 0 Å². The van der Waals surface area contributed by atoms with Gasteiger partial charge in [0, 0.05) is 31.3 Å². The molecule has 0 fully saturated rings. The molecule has 1 N–H and O–H groups in total. The Kier molecular flexibility index (Phi) is 5.55. The summed E-state index contributed by atoms with van der Waals surface area (Å²) in [6, 6.07) is 7.34. The molecule has 0 unspecified atom stereocenters. The van der Waals surface area contributed by atoms with Gasteiger partial charge in [-0.05, 0) is 25.1 Å². The third-order valence-electron chi connectivity index (χ3n) is 2.71. The summed E-state index contributed by atoms with van der Waals surface area (Å²) in [5.41, 5.74) is 1.82. The van der Waals surface area contributed by atoms with E-state index in [2.05, 4.69) is 11.4 Å². The van der Waals surface area contributed by atoms with Crippen LogP contribution in [0.15, 0.2) is 18.2 Å². The van der Waals surface area contributed by atoms with Gasteiger partial charge in [0.15, 0.2) is 6.29 Å². The average Bonchev–Trinajstić information content (AvgIpc) is 2.39. The minimum Gasteiger partial charge on any atom is -0.371 e. The lowest BCUT2D eigenvalue weighted by Crippen LogP contribution is -2.24. The number of carbonyl (C=O) groups excluding carboxylic acids is 2. The first kappa shape index (κ1) is 14.7. The van der Waals surface area contributed by atoms with E-state index in [1.54, 1.807) is 12.1 Å². The maximum Gasteiger partial charge on any atom is 0.221 e. The van der Waals surface area contributed by atoms with E-state index in [0.29, 0.717) is 30.5 Å². The monoisotopic (exact) mass is 259 g/mol. The molecule has 1 rings (SSSR count). The van der Waals surface area contributed by atoms with Crippen molar-refractivity contribution in [2.45, 2.75) is 20.3 Å². The molecule has 100 valence electrons. The minimum absolute atomic E-state index is 0.222. The van der Waals surface area contributed by atoms with Crippen LogP contribution >= 0.6 is 0 Å². The van der Waals surface area contributed by atoms with Crippen molar-refractivity contribution in [3.8, 4) is 6.07 Å². The summed E-state index contributed by atoms with van der Waals surface area (Å²) < 4.78 is 0. The molecule has 0 aliphatic carbocycles. The summed E-state index contributed by atoms with van der Waals surface area (Å²) in [5, 5.41) is 11.3. The SMILES string of the molecule is CCN(CCC#N)c1ccc(C=O)c(NC(C)=O)c1. The van der Waals surface area contributed by atoms with E-state index in [-0.39, 0.29) is 5.91 Å². The molecule has 0 aliphatic heterocycles. The Labute approximate surface area is 112 Å². The lowest BCUT2D eigenvalue weighted by atomic mass is 10.1. The molecular formula is C14H17N3O2. The molecule has 19 heavy (non-hydrogen) atoms. The lowest BCUT2D eigenvalue weighted by molar-refractivity contribution is -0.114. The molecule has 1 aromatic carbocycles. The maximum absolute atomic E-state index is 11.1. The number of aldehydes is 1. The van der Waals surface area contributed by atoms with Gasteiger partial charge in [0.05, 0.1) is 18.2 Å². The van der Waals surface area contributed by atoms with Crippen LogP contribution in [0.2, 0.25) is 0 Å². The topological polar surface area (TPSA) is 73.2 Å². The van der Waals surface area contributed by atoms with E-state index in [1.165, 1.54) is 6.92 Å².